The van der Waals surface area contributed by atoms with Crippen molar-refractivity contribution in [3.63, 3.8) is 0 Å². The minimum Gasteiger partial charge on any atom is -0.877 e. The van der Waals surface area contributed by atoms with Crippen molar-refractivity contribution in [2.24, 2.45) is 0 Å². The maximum absolute atomic E-state index is 11.8. The van der Waals surface area contributed by atoms with Gasteiger partial charge in [-0.25, -0.2) is 0 Å². The van der Waals surface area contributed by atoms with Crippen LogP contribution >= 0.6 is 34.8 Å². The first-order chi connectivity index (χ1) is 8.45. The predicted octanol–water partition coefficient (Wildman–Crippen LogP) is -1.19. The van der Waals surface area contributed by atoms with Crippen molar-refractivity contribution in [2.75, 3.05) is 11.4 Å². The van der Waals surface area contributed by atoms with E-state index in [9.17, 15) is 14.7 Å². The Balaban J connectivity index is 0.00000180. The minimum atomic E-state index is -0.707. The molecule has 0 N–H and O–H groups in total. The Hall–Kier alpha value is -0.230. The molecule has 0 aliphatic carbocycles. The number of hydrogen-bond acceptors (Lipinski definition) is 3. The fraction of sp³-hybridized carbons (Fsp3) is 0.0909. The Bertz CT molecular complexity index is 566. The average molecular weight is 329 g/mol. The predicted molar refractivity (Wildman–Crippen MR) is 66.9 cm³/mol. The summed E-state index contributed by atoms with van der Waals surface area (Å²) >= 11 is 17.6. The number of benzene rings is 1. The van der Waals surface area contributed by atoms with Crippen LogP contribution in [0.5, 0.6) is 0 Å². The van der Waals surface area contributed by atoms with E-state index >= 15 is 0 Å². The molecule has 19 heavy (non-hydrogen) atoms. The number of ketones is 1. The van der Waals surface area contributed by atoms with Crippen molar-refractivity contribution in [3.8, 4) is 0 Å². The Kier molecular flexibility index (Phi) is 5.74. The SMILES string of the molecule is O=C1CN(c2c(Cl)cc(Cl)cc2Cl)C(=O)/C1=C\[O-].[Na+]. The van der Waals surface area contributed by atoms with E-state index in [2.05, 4.69) is 0 Å². The van der Waals surface area contributed by atoms with Crippen molar-refractivity contribution in [3.05, 3.63) is 39.0 Å². The number of rotatable bonds is 1. The molecule has 0 saturated carbocycles. The van der Waals surface area contributed by atoms with Crippen LogP contribution in [0.25, 0.3) is 0 Å². The molecule has 1 heterocycles. The van der Waals surface area contributed by atoms with Crippen LogP contribution in [0, 0.1) is 0 Å². The van der Waals surface area contributed by atoms with Gasteiger partial charge in [0.1, 0.15) is 0 Å². The molecule has 0 unspecified atom stereocenters. The molecule has 0 spiro atoms. The first-order valence-corrected chi connectivity index (χ1v) is 5.91. The number of carbonyl (C=O) groups excluding carboxylic acids is 2. The van der Waals surface area contributed by atoms with Gasteiger partial charge in [-0.05, 0) is 12.1 Å². The molecule has 1 amide bonds. The third kappa shape index (κ3) is 3.10. The summed E-state index contributed by atoms with van der Waals surface area (Å²) in [6.07, 6.45) is 0.238. The van der Waals surface area contributed by atoms with E-state index in [4.69, 9.17) is 34.8 Å². The standard InChI is InChI=1S/C11H6Cl3NO3.Na/c12-5-1-7(13)10(8(14)2-5)15-3-9(17)6(4-16)11(15)18;/h1-2,4,16H,3H2;/q;+1/p-1/b6-4-;. The zero-order valence-electron chi connectivity index (χ0n) is 9.75. The maximum atomic E-state index is 11.8. The van der Waals surface area contributed by atoms with Crippen molar-refractivity contribution in [1.29, 1.82) is 0 Å². The molecular formula is C11H5Cl3NNaO3. The van der Waals surface area contributed by atoms with Crippen molar-refractivity contribution in [2.45, 2.75) is 0 Å². The van der Waals surface area contributed by atoms with Gasteiger partial charge >= 0.3 is 29.6 Å². The van der Waals surface area contributed by atoms with Crippen LogP contribution in [0.15, 0.2) is 24.0 Å². The normalized spacial score (nSPS) is 17.0. The monoisotopic (exact) mass is 327 g/mol. The molecule has 94 valence electrons. The van der Waals surface area contributed by atoms with Gasteiger partial charge in [0.15, 0.2) is 5.78 Å². The van der Waals surface area contributed by atoms with Crippen molar-refractivity contribution >= 4 is 52.2 Å². The first kappa shape index (κ1) is 16.8. The summed E-state index contributed by atoms with van der Waals surface area (Å²) in [7, 11) is 0. The molecular weight excluding hydrogens is 323 g/mol. The molecule has 1 aromatic rings. The summed E-state index contributed by atoms with van der Waals surface area (Å²) < 4.78 is 0. The summed E-state index contributed by atoms with van der Waals surface area (Å²) in [5, 5.41) is 11.2. The van der Waals surface area contributed by atoms with Crippen LogP contribution in [0.4, 0.5) is 5.69 Å². The molecule has 1 aromatic carbocycles. The zero-order valence-corrected chi connectivity index (χ0v) is 14.0. The summed E-state index contributed by atoms with van der Waals surface area (Å²) in [4.78, 5) is 24.3. The molecule has 2 rings (SSSR count). The molecule has 1 saturated heterocycles. The molecule has 1 fully saturated rings. The Labute approximate surface area is 146 Å². The maximum Gasteiger partial charge on any atom is 1.00 e. The summed E-state index contributed by atoms with van der Waals surface area (Å²) in [6, 6.07) is 2.81. The van der Waals surface area contributed by atoms with Crippen LogP contribution in [0.2, 0.25) is 15.1 Å². The topological polar surface area (TPSA) is 60.4 Å². The van der Waals surface area contributed by atoms with Gasteiger partial charge in [0.25, 0.3) is 5.91 Å². The fourth-order valence-electron chi connectivity index (χ4n) is 1.65. The molecule has 0 radical (unpaired) electrons. The third-order valence-corrected chi connectivity index (χ3v) is 3.24. The van der Waals surface area contributed by atoms with Crippen LogP contribution < -0.4 is 39.6 Å². The van der Waals surface area contributed by atoms with Gasteiger partial charge in [0, 0.05) is 5.02 Å². The van der Waals surface area contributed by atoms with Gasteiger partial charge < -0.3 is 5.11 Å². The molecule has 0 aromatic heterocycles. The molecule has 4 nitrogen and oxygen atoms in total. The van der Waals surface area contributed by atoms with Gasteiger partial charge in [0.2, 0.25) is 0 Å². The quantitative estimate of drug-likeness (QED) is 0.282. The third-order valence-electron chi connectivity index (χ3n) is 2.45. The number of amides is 1. The van der Waals surface area contributed by atoms with E-state index < -0.39 is 17.3 Å². The average Bonchev–Trinajstić information content (AvgIpc) is 2.53. The van der Waals surface area contributed by atoms with Gasteiger partial charge in [0.05, 0.1) is 27.9 Å². The van der Waals surface area contributed by atoms with E-state index in [1.54, 1.807) is 0 Å². The second-order valence-electron chi connectivity index (χ2n) is 3.56. The summed E-state index contributed by atoms with van der Waals surface area (Å²) in [5.41, 5.74) is -0.227. The molecule has 8 heteroatoms. The number of hydrogen-bond donors (Lipinski definition) is 0. The van der Waals surface area contributed by atoms with E-state index in [0.717, 1.165) is 4.90 Å². The Morgan fingerprint density at radius 3 is 2.11 bits per heavy atom. The van der Waals surface area contributed by atoms with E-state index in [1.807, 2.05) is 0 Å². The number of nitrogens with zero attached hydrogens (tertiary/aromatic N) is 1. The number of carbonyl (C=O) groups is 2. The van der Waals surface area contributed by atoms with Crippen molar-refractivity contribution in [1.82, 2.24) is 0 Å². The Morgan fingerprint density at radius 2 is 1.68 bits per heavy atom. The van der Waals surface area contributed by atoms with Gasteiger partial charge in [-0.1, -0.05) is 34.8 Å². The summed E-state index contributed by atoms with van der Waals surface area (Å²) in [5.74, 6) is -1.27. The van der Waals surface area contributed by atoms with E-state index in [1.165, 1.54) is 12.1 Å². The second kappa shape index (κ2) is 6.48. The molecule has 0 bridgehead atoms. The first-order valence-electron chi connectivity index (χ1n) is 4.77. The zero-order chi connectivity index (χ0) is 13.4. The van der Waals surface area contributed by atoms with Crippen LogP contribution in [-0.4, -0.2) is 18.2 Å². The Morgan fingerprint density at radius 1 is 1.16 bits per heavy atom. The molecule has 1 aliphatic heterocycles. The number of anilines is 1. The van der Waals surface area contributed by atoms with Crippen LogP contribution in [-0.2, 0) is 9.59 Å². The van der Waals surface area contributed by atoms with Crippen LogP contribution in [0.1, 0.15) is 0 Å². The second-order valence-corrected chi connectivity index (χ2v) is 4.81. The molecule has 1 aliphatic rings. The van der Waals surface area contributed by atoms with Gasteiger partial charge in [-0.2, -0.15) is 0 Å². The minimum absolute atomic E-state index is 0. The largest absolute Gasteiger partial charge is 1.00 e. The fourth-order valence-corrected chi connectivity index (χ4v) is 2.68. The van der Waals surface area contributed by atoms with Crippen LogP contribution in [0.3, 0.4) is 0 Å². The molecule has 0 atom stereocenters. The number of halogens is 3. The van der Waals surface area contributed by atoms with E-state index in [0.29, 0.717) is 5.02 Å². The van der Waals surface area contributed by atoms with Crippen molar-refractivity contribution < 1.29 is 44.3 Å². The summed E-state index contributed by atoms with van der Waals surface area (Å²) in [6.45, 7) is -0.256. The van der Waals surface area contributed by atoms with E-state index in [-0.39, 0.29) is 58.1 Å². The van der Waals surface area contributed by atoms with Gasteiger partial charge in [-0.3, -0.25) is 14.5 Å². The van der Waals surface area contributed by atoms with Gasteiger partial charge in [-0.15, -0.1) is 6.26 Å². The number of Topliss-reactive ketones (excluding diaryl/α,β-unsaturated/α-hetero) is 1. The smallest absolute Gasteiger partial charge is 0.877 e.